The van der Waals surface area contributed by atoms with Gasteiger partial charge in [-0.05, 0) is 24.6 Å². The van der Waals surface area contributed by atoms with Crippen molar-refractivity contribution in [3.8, 4) is 5.75 Å². The predicted octanol–water partition coefficient (Wildman–Crippen LogP) is 1.88. The van der Waals surface area contributed by atoms with Crippen molar-refractivity contribution in [2.45, 2.75) is 19.4 Å². The second kappa shape index (κ2) is 6.59. The summed E-state index contributed by atoms with van der Waals surface area (Å²) >= 11 is 0. The van der Waals surface area contributed by atoms with E-state index in [1.54, 1.807) is 28.2 Å². The van der Waals surface area contributed by atoms with Crippen LogP contribution < -0.4 is 10.8 Å². The largest absolute Gasteiger partial charge is 0.504 e. The molecule has 2 heterocycles. The molecule has 0 radical (unpaired) electrons. The molecule has 0 saturated heterocycles. The van der Waals surface area contributed by atoms with Gasteiger partial charge in [0.1, 0.15) is 11.9 Å². The van der Waals surface area contributed by atoms with Gasteiger partial charge in [0.2, 0.25) is 0 Å². The number of nitrogens with one attached hydrogen (secondary N) is 2. The van der Waals surface area contributed by atoms with E-state index >= 15 is 0 Å². The number of aryl methyl sites for hydroxylation is 1. The van der Waals surface area contributed by atoms with E-state index in [2.05, 4.69) is 10.3 Å². The zero-order valence-electron chi connectivity index (χ0n) is 13.1. The van der Waals surface area contributed by atoms with Crippen molar-refractivity contribution in [3.63, 3.8) is 0 Å². The monoisotopic (exact) mass is 326 g/mol. The number of nitrogens with zero attached hydrogens (tertiary/aromatic N) is 2. The Bertz CT molecular complexity index is 861. The number of fused-ring (bicyclic) bond motifs is 1. The first kappa shape index (κ1) is 15.8. The lowest BCUT2D eigenvalue weighted by atomic mass is 10.1. The van der Waals surface area contributed by atoms with Gasteiger partial charge >= 0.3 is 0 Å². The molecule has 2 aromatic heterocycles. The van der Waals surface area contributed by atoms with Crippen LogP contribution in [0.15, 0.2) is 48.7 Å². The molecular formula is C17H18N4O3. The molecule has 4 N–H and O–H groups in total. The van der Waals surface area contributed by atoms with Gasteiger partial charge in [0, 0.05) is 12.6 Å². The Balaban J connectivity index is 1.91. The van der Waals surface area contributed by atoms with Gasteiger partial charge < -0.3 is 10.4 Å². The van der Waals surface area contributed by atoms with Crippen molar-refractivity contribution < 1.29 is 15.1 Å². The standard InChI is InChI=1S/C17H18N4O3/c1-11-15(19-16-14(22)8-5-9-21(11)16)18-13(17(23)20-24)10-12-6-3-2-4-7-12/h2-9,13,18,22,24H,10H2,1H3,(H,20,23). The minimum atomic E-state index is -0.705. The molecule has 0 aliphatic heterocycles. The fourth-order valence-corrected chi connectivity index (χ4v) is 2.61. The number of hydrogen-bond acceptors (Lipinski definition) is 5. The van der Waals surface area contributed by atoms with Gasteiger partial charge in [0.25, 0.3) is 5.91 Å². The van der Waals surface area contributed by atoms with Crippen molar-refractivity contribution in [3.05, 3.63) is 59.9 Å². The number of benzene rings is 1. The minimum Gasteiger partial charge on any atom is -0.504 e. The number of carbonyl (C=O) groups excluding carboxylic acids is 1. The number of hydrogen-bond donors (Lipinski definition) is 4. The van der Waals surface area contributed by atoms with Crippen molar-refractivity contribution in [2.24, 2.45) is 0 Å². The van der Waals surface area contributed by atoms with Crippen LogP contribution in [0.4, 0.5) is 5.82 Å². The second-order valence-corrected chi connectivity index (χ2v) is 5.50. The van der Waals surface area contributed by atoms with Crippen LogP contribution in [0.1, 0.15) is 11.3 Å². The van der Waals surface area contributed by atoms with E-state index in [1.165, 1.54) is 0 Å². The van der Waals surface area contributed by atoms with Crippen molar-refractivity contribution in [1.82, 2.24) is 14.9 Å². The number of carbonyl (C=O) groups is 1. The van der Waals surface area contributed by atoms with Gasteiger partial charge in [-0.3, -0.25) is 14.4 Å². The molecule has 1 atom stereocenters. The van der Waals surface area contributed by atoms with Gasteiger partial charge in [-0.25, -0.2) is 10.5 Å². The molecule has 3 aromatic rings. The van der Waals surface area contributed by atoms with Gasteiger partial charge in [-0.15, -0.1) is 0 Å². The lowest BCUT2D eigenvalue weighted by Gasteiger charge is -2.17. The Hall–Kier alpha value is -3.06. The molecule has 1 unspecified atom stereocenters. The first-order chi connectivity index (χ1) is 11.6. The molecule has 1 amide bonds. The van der Waals surface area contributed by atoms with Crippen LogP contribution in [-0.2, 0) is 11.2 Å². The van der Waals surface area contributed by atoms with Crippen LogP contribution >= 0.6 is 0 Å². The first-order valence-corrected chi connectivity index (χ1v) is 7.51. The average Bonchev–Trinajstić information content (AvgIpc) is 2.92. The number of aromatic nitrogens is 2. The van der Waals surface area contributed by atoms with E-state index in [-0.39, 0.29) is 5.75 Å². The molecule has 0 spiro atoms. The Morgan fingerprint density at radius 1 is 1.25 bits per heavy atom. The summed E-state index contributed by atoms with van der Waals surface area (Å²) in [6, 6.07) is 12.0. The molecule has 124 valence electrons. The maximum Gasteiger partial charge on any atom is 0.266 e. The molecule has 0 aliphatic rings. The zero-order chi connectivity index (χ0) is 17.1. The average molecular weight is 326 g/mol. The number of anilines is 1. The third-order valence-corrected chi connectivity index (χ3v) is 3.89. The summed E-state index contributed by atoms with van der Waals surface area (Å²) in [5.41, 5.74) is 3.79. The molecule has 0 aliphatic carbocycles. The predicted molar refractivity (Wildman–Crippen MR) is 89.1 cm³/mol. The fourth-order valence-electron chi connectivity index (χ4n) is 2.61. The maximum absolute atomic E-state index is 12.0. The van der Waals surface area contributed by atoms with Crippen LogP contribution in [0.2, 0.25) is 0 Å². The van der Waals surface area contributed by atoms with Gasteiger partial charge in [0.05, 0.1) is 5.69 Å². The number of imidazole rings is 1. The Morgan fingerprint density at radius 3 is 2.67 bits per heavy atom. The smallest absolute Gasteiger partial charge is 0.266 e. The molecule has 3 rings (SSSR count). The van der Waals surface area contributed by atoms with E-state index in [1.807, 2.05) is 37.3 Å². The summed E-state index contributed by atoms with van der Waals surface area (Å²) in [6.45, 7) is 1.83. The quantitative estimate of drug-likeness (QED) is 0.424. The van der Waals surface area contributed by atoms with Crippen molar-refractivity contribution in [2.75, 3.05) is 5.32 Å². The van der Waals surface area contributed by atoms with Gasteiger partial charge in [0.15, 0.2) is 11.4 Å². The van der Waals surface area contributed by atoms with Crippen molar-refractivity contribution >= 4 is 17.4 Å². The maximum atomic E-state index is 12.0. The minimum absolute atomic E-state index is 0.0554. The van der Waals surface area contributed by atoms with Crippen LogP contribution in [0, 0.1) is 6.92 Å². The summed E-state index contributed by atoms with van der Waals surface area (Å²) in [5.74, 6) is -0.0274. The summed E-state index contributed by atoms with van der Waals surface area (Å²) in [4.78, 5) is 16.4. The Morgan fingerprint density at radius 2 is 2.00 bits per heavy atom. The molecule has 24 heavy (non-hydrogen) atoms. The molecule has 1 aromatic carbocycles. The number of amides is 1. The van der Waals surface area contributed by atoms with E-state index < -0.39 is 11.9 Å². The molecule has 0 saturated carbocycles. The highest BCUT2D eigenvalue weighted by molar-refractivity contribution is 5.84. The highest BCUT2D eigenvalue weighted by Gasteiger charge is 2.21. The number of rotatable bonds is 5. The summed E-state index contributed by atoms with van der Waals surface area (Å²) in [6.07, 6.45) is 2.16. The zero-order valence-corrected chi connectivity index (χ0v) is 13.1. The SMILES string of the molecule is Cc1c(NC(Cc2ccccc2)C(=O)NO)nc2c(O)cccn12. The van der Waals surface area contributed by atoms with E-state index in [9.17, 15) is 9.90 Å². The van der Waals surface area contributed by atoms with Gasteiger partial charge in [-0.1, -0.05) is 30.3 Å². The lowest BCUT2D eigenvalue weighted by Crippen LogP contribution is -2.39. The molecule has 0 fully saturated rings. The normalized spacial score (nSPS) is 12.1. The highest BCUT2D eigenvalue weighted by Crippen LogP contribution is 2.24. The van der Waals surface area contributed by atoms with Crippen molar-refractivity contribution in [1.29, 1.82) is 0 Å². The number of hydroxylamine groups is 1. The third kappa shape index (κ3) is 3.02. The number of pyridine rings is 1. The topological polar surface area (TPSA) is 98.9 Å². The van der Waals surface area contributed by atoms with E-state index in [4.69, 9.17) is 5.21 Å². The van der Waals surface area contributed by atoms with Crippen LogP contribution in [0.3, 0.4) is 0 Å². The third-order valence-electron chi connectivity index (χ3n) is 3.89. The Labute approximate surface area is 138 Å². The summed E-state index contributed by atoms with van der Waals surface area (Å²) in [7, 11) is 0. The van der Waals surface area contributed by atoms with E-state index in [0.29, 0.717) is 17.9 Å². The molecule has 7 heteroatoms. The fraction of sp³-hybridized carbons (Fsp3) is 0.176. The molecule has 0 bridgehead atoms. The summed E-state index contributed by atoms with van der Waals surface area (Å²) in [5, 5.41) is 22.0. The van der Waals surface area contributed by atoms with Gasteiger partial charge in [-0.2, -0.15) is 0 Å². The van der Waals surface area contributed by atoms with Crippen LogP contribution in [0.25, 0.3) is 5.65 Å². The number of aromatic hydroxyl groups is 1. The second-order valence-electron chi connectivity index (χ2n) is 5.50. The first-order valence-electron chi connectivity index (χ1n) is 7.51. The lowest BCUT2D eigenvalue weighted by molar-refractivity contribution is -0.129. The highest BCUT2D eigenvalue weighted by atomic mass is 16.5. The van der Waals surface area contributed by atoms with Crippen LogP contribution in [0.5, 0.6) is 5.75 Å². The summed E-state index contributed by atoms with van der Waals surface area (Å²) < 4.78 is 1.73. The molecule has 7 nitrogen and oxygen atoms in total. The molecular weight excluding hydrogens is 308 g/mol. The Kier molecular flexibility index (Phi) is 4.35. The van der Waals surface area contributed by atoms with Crippen LogP contribution in [-0.4, -0.2) is 31.6 Å². The van der Waals surface area contributed by atoms with E-state index in [0.717, 1.165) is 11.3 Å².